The predicted molar refractivity (Wildman–Crippen MR) is 83.1 cm³/mol. The van der Waals surface area contributed by atoms with Crippen molar-refractivity contribution >= 4 is 27.7 Å². The van der Waals surface area contributed by atoms with Crippen molar-refractivity contribution < 1.29 is 5.11 Å². The molecule has 0 fully saturated rings. The first-order valence-corrected chi connectivity index (χ1v) is 8.06. The minimum absolute atomic E-state index is 0.253. The smallest absolute Gasteiger partial charge is 0.0464 e. The highest BCUT2D eigenvalue weighted by atomic mass is 79.9. The molecule has 102 valence electrons. The van der Waals surface area contributed by atoms with E-state index < -0.39 is 0 Å². The zero-order valence-corrected chi connectivity index (χ0v) is 13.6. The summed E-state index contributed by atoms with van der Waals surface area (Å²) in [4.78, 5) is 1.30. The number of nitrogens with one attached hydrogen (secondary N) is 1. The van der Waals surface area contributed by atoms with E-state index in [1.54, 1.807) is 0 Å². The standard InChI is InChI=1S/C14H22BrNOS/c1-10(2)16-7-12-6-13(15)4-5-14(12)18-9-11(3)8-17/h4-6,10-11,16-17H,7-9H2,1-3H3. The summed E-state index contributed by atoms with van der Waals surface area (Å²) in [7, 11) is 0. The first kappa shape index (κ1) is 16.0. The lowest BCUT2D eigenvalue weighted by Gasteiger charge is -2.14. The SMILES string of the molecule is CC(CO)CSc1ccc(Br)cc1CNC(C)C. The Labute approximate surface area is 123 Å². The van der Waals surface area contributed by atoms with E-state index in [0.29, 0.717) is 12.0 Å². The van der Waals surface area contributed by atoms with Crippen LogP contribution < -0.4 is 5.32 Å². The molecule has 1 unspecified atom stereocenters. The lowest BCUT2D eigenvalue weighted by Crippen LogP contribution is -2.22. The van der Waals surface area contributed by atoms with Crippen molar-refractivity contribution in [2.45, 2.75) is 38.3 Å². The van der Waals surface area contributed by atoms with Crippen LogP contribution >= 0.6 is 27.7 Å². The van der Waals surface area contributed by atoms with Crippen LogP contribution in [0, 0.1) is 5.92 Å². The maximum atomic E-state index is 9.07. The molecule has 1 aromatic rings. The summed E-state index contributed by atoms with van der Waals surface area (Å²) < 4.78 is 1.11. The van der Waals surface area contributed by atoms with Crippen molar-refractivity contribution in [3.05, 3.63) is 28.2 Å². The van der Waals surface area contributed by atoms with E-state index in [4.69, 9.17) is 5.11 Å². The molecule has 0 radical (unpaired) electrons. The first-order chi connectivity index (χ1) is 8.52. The predicted octanol–water partition coefficient (Wildman–Crippen LogP) is 3.67. The molecule has 0 aliphatic rings. The molecule has 2 nitrogen and oxygen atoms in total. The van der Waals surface area contributed by atoms with Crippen LogP contribution in [0.3, 0.4) is 0 Å². The van der Waals surface area contributed by atoms with Gasteiger partial charge in [0.1, 0.15) is 0 Å². The molecular weight excluding hydrogens is 310 g/mol. The number of hydrogen-bond acceptors (Lipinski definition) is 3. The quantitative estimate of drug-likeness (QED) is 0.748. The lowest BCUT2D eigenvalue weighted by molar-refractivity contribution is 0.250. The Balaban J connectivity index is 2.69. The van der Waals surface area contributed by atoms with Gasteiger partial charge in [0.25, 0.3) is 0 Å². The Morgan fingerprint density at radius 3 is 2.67 bits per heavy atom. The highest BCUT2D eigenvalue weighted by molar-refractivity contribution is 9.10. The third-order valence-electron chi connectivity index (χ3n) is 2.56. The van der Waals surface area contributed by atoms with Gasteiger partial charge in [-0.1, -0.05) is 36.7 Å². The Morgan fingerprint density at radius 1 is 1.33 bits per heavy atom. The summed E-state index contributed by atoms with van der Waals surface area (Å²) in [6.45, 7) is 7.51. The Hall–Kier alpha value is -0.0300. The van der Waals surface area contributed by atoms with Gasteiger partial charge >= 0.3 is 0 Å². The van der Waals surface area contributed by atoms with Gasteiger partial charge in [-0.15, -0.1) is 11.8 Å². The fourth-order valence-electron chi connectivity index (χ4n) is 1.43. The summed E-state index contributed by atoms with van der Waals surface area (Å²) in [5.41, 5.74) is 1.31. The Morgan fingerprint density at radius 2 is 2.06 bits per heavy atom. The largest absolute Gasteiger partial charge is 0.396 e. The molecule has 0 aliphatic carbocycles. The summed E-state index contributed by atoms with van der Waals surface area (Å²) in [5, 5.41) is 12.5. The average Bonchev–Trinajstić information content (AvgIpc) is 2.34. The van der Waals surface area contributed by atoms with Crippen LogP contribution in [-0.4, -0.2) is 23.5 Å². The van der Waals surface area contributed by atoms with E-state index in [1.165, 1.54) is 10.5 Å². The number of rotatable bonds is 7. The second-order valence-corrected chi connectivity index (χ2v) is 6.86. The molecule has 1 rings (SSSR count). The monoisotopic (exact) mass is 331 g/mol. The normalized spacial score (nSPS) is 13.0. The van der Waals surface area contributed by atoms with Gasteiger partial charge < -0.3 is 10.4 Å². The fraction of sp³-hybridized carbons (Fsp3) is 0.571. The van der Waals surface area contributed by atoms with Crippen molar-refractivity contribution in [2.75, 3.05) is 12.4 Å². The number of hydrogen-bond donors (Lipinski definition) is 2. The van der Waals surface area contributed by atoms with Crippen LogP contribution in [0.5, 0.6) is 0 Å². The van der Waals surface area contributed by atoms with Crippen molar-refractivity contribution in [3.8, 4) is 0 Å². The van der Waals surface area contributed by atoms with Crippen LogP contribution in [0.25, 0.3) is 0 Å². The summed E-state index contributed by atoms with van der Waals surface area (Å²) in [6.07, 6.45) is 0. The van der Waals surface area contributed by atoms with Gasteiger partial charge in [0, 0.05) is 34.3 Å². The van der Waals surface area contributed by atoms with Crippen molar-refractivity contribution in [1.82, 2.24) is 5.32 Å². The number of benzene rings is 1. The molecule has 0 aliphatic heterocycles. The van der Waals surface area contributed by atoms with Gasteiger partial charge in [0.05, 0.1) is 0 Å². The van der Waals surface area contributed by atoms with E-state index >= 15 is 0 Å². The van der Waals surface area contributed by atoms with Crippen molar-refractivity contribution in [3.63, 3.8) is 0 Å². The van der Waals surface area contributed by atoms with Crippen molar-refractivity contribution in [2.24, 2.45) is 5.92 Å². The molecule has 0 spiro atoms. The Kier molecular flexibility index (Phi) is 7.30. The zero-order valence-electron chi connectivity index (χ0n) is 11.2. The number of aliphatic hydroxyl groups is 1. The van der Waals surface area contributed by atoms with Gasteiger partial charge in [-0.2, -0.15) is 0 Å². The number of thioether (sulfide) groups is 1. The van der Waals surface area contributed by atoms with Gasteiger partial charge in [-0.05, 0) is 29.7 Å². The van der Waals surface area contributed by atoms with E-state index in [1.807, 2.05) is 11.8 Å². The topological polar surface area (TPSA) is 32.3 Å². The number of halogens is 1. The molecule has 4 heteroatoms. The summed E-state index contributed by atoms with van der Waals surface area (Å²) in [6, 6.07) is 6.88. The van der Waals surface area contributed by atoms with Crippen LogP contribution in [-0.2, 0) is 6.54 Å². The molecule has 1 aromatic carbocycles. The lowest BCUT2D eigenvalue weighted by atomic mass is 10.2. The van der Waals surface area contributed by atoms with Gasteiger partial charge in [0.15, 0.2) is 0 Å². The minimum atomic E-state index is 0.253. The van der Waals surface area contributed by atoms with E-state index in [-0.39, 0.29) is 6.61 Å². The van der Waals surface area contributed by atoms with E-state index in [9.17, 15) is 0 Å². The Bertz CT molecular complexity index is 371. The fourth-order valence-corrected chi connectivity index (χ4v) is 2.88. The third kappa shape index (κ3) is 5.74. The van der Waals surface area contributed by atoms with E-state index in [0.717, 1.165) is 16.8 Å². The molecule has 18 heavy (non-hydrogen) atoms. The second-order valence-electron chi connectivity index (χ2n) is 4.89. The average molecular weight is 332 g/mol. The van der Waals surface area contributed by atoms with E-state index in [2.05, 4.69) is 60.2 Å². The maximum Gasteiger partial charge on any atom is 0.0464 e. The molecule has 0 amide bonds. The second kappa shape index (κ2) is 8.20. The van der Waals surface area contributed by atoms with Crippen LogP contribution in [0.1, 0.15) is 26.3 Å². The van der Waals surface area contributed by atoms with Crippen molar-refractivity contribution in [1.29, 1.82) is 0 Å². The highest BCUT2D eigenvalue weighted by Crippen LogP contribution is 2.27. The van der Waals surface area contributed by atoms with Gasteiger partial charge in [0.2, 0.25) is 0 Å². The molecular formula is C14H22BrNOS. The van der Waals surface area contributed by atoms with Gasteiger partial charge in [-0.25, -0.2) is 0 Å². The molecule has 1 atom stereocenters. The van der Waals surface area contributed by atoms with Crippen LogP contribution in [0.15, 0.2) is 27.6 Å². The molecule has 0 bridgehead atoms. The van der Waals surface area contributed by atoms with Crippen LogP contribution in [0.2, 0.25) is 0 Å². The molecule has 2 N–H and O–H groups in total. The first-order valence-electron chi connectivity index (χ1n) is 6.28. The molecule has 0 heterocycles. The molecule has 0 aromatic heterocycles. The number of aliphatic hydroxyl groups excluding tert-OH is 1. The minimum Gasteiger partial charge on any atom is -0.396 e. The van der Waals surface area contributed by atoms with Crippen LogP contribution in [0.4, 0.5) is 0 Å². The third-order valence-corrected chi connectivity index (χ3v) is 4.50. The van der Waals surface area contributed by atoms with Gasteiger partial charge in [-0.3, -0.25) is 0 Å². The molecule has 0 saturated heterocycles. The zero-order chi connectivity index (χ0) is 13.5. The summed E-state index contributed by atoms with van der Waals surface area (Å²) >= 11 is 5.34. The maximum absolute atomic E-state index is 9.07. The summed E-state index contributed by atoms with van der Waals surface area (Å²) in [5.74, 6) is 1.29. The molecule has 0 saturated carbocycles. The highest BCUT2D eigenvalue weighted by Gasteiger charge is 2.07.